The molecule has 0 amide bonds. The van der Waals surface area contributed by atoms with Crippen molar-refractivity contribution < 1.29 is 9.53 Å². The number of aryl methyl sites for hydroxylation is 1. The lowest BCUT2D eigenvalue weighted by atomic mass is 10.2. The molecule has 4 nitrogen and oxygen atoms in total. The summed E-state index contributed by atoms with van der Waals surface area (Å²) >= 11 is 1.23. The van der Waals surface area contributed by atoms with Crippen molar-refractivity contribution in [2.75, 3.05) is 12.8 Å². The Morgan fingerprint density at radius 1 is 1.71 bits per heavy atom. The Hall–Kier alpha value is -0.940. The van der Waals surface area contributed by atoms with E-state index in [2.05, 4.69) is 4.98 Å². The average molecular weight is 214 g/mol. The minimum absolute atomic E-state index is 0.107. The van der Waals surface area contributed by atoms with Gasteiger partial charge >= 0.3 is 0 Å². The van der Waals surface area contributed by atoms with Crippen LogP contribution in [-0.2, 0) is 11.2 Å². The molecular weight excluding hydrogens is 200 g/mol. The summed E-state index contributed by atoms with van der Waals surface area (Å²) < 4.78 is 4.93. The molecular formula is C9H14N2O2S. The first-order chi connectivity index (χ1) is 6.60. The zero-order valence-corrected chi connectivity index (χ0v) is 9.35. The fourth-order valence-corrected chi connectivity index (χ4v) is 1.94. The Morgan fingerprint density at radius 3 is 2.79 bits per heavy atom. The quantitative estimate of drug-likeness (QED) is 0.771. The number of thiazole rings is 1. The van der Waals surface area contributed by atoms with Crippen LogP contribution in [0.25, 0.3) is 0 Å². The first-order valence-electron chi connectivity index (χ1n) is 4.42. The lowest BCUT2D eigenvalue weighted by Gasteiger charge is -2.04. The molecule has 0 saturated heterocycles. The van der Waals surface area contributed by atoms with Crippen molar-refractivity contribution in [2.24, 2.45) is 0 Å². The highest BCUT2D eigenvalue weighted by Crippen LogP contribution is 2.22. The molecule has 0 aliphatic carbocycles. The van der Waals surface area contributed by atoms with Crippen LogP contribution in [0.15, 0.2) is 0 Å². The van der Waals surface area contributed by atoms with Crippen LogP contribution in [0.5, 0.6) is 0 Å². The van der Waals surface area contributed by atoms with E-state index in [-0.39, 0.29) is 5.78 Å². The highest BCUT2D eigenvalue weighted by molar-refractivity contribution is 7.17. The van der Waals surface area contributed by atoms with Gasteiger partial charge in [0.05, 0.1) is 5.69 Å². The summed E-state index contributed by atoms with van der Waals surface area (Å²) in [6.45, 7) is 3.66. The third-order valence-corrected chi connectivity index (χ3v) is 2.94. The van der Waals surface area contributed by atoms with E-state index in [4.69, 9.17) is 10.5 Å². The molecule has 1 aromatic rings. The molecule has 14 heavy (non-hydrogen) atoms. The number of ether oxygens (including phenoxy) is 1. The Labute approximate surface area is 87.1 Å². The van der Waals surface area contributed by atoms with E-state index in [9.17, 15) is 4.79 Å². The number of carbonyl (C=O) groups excluding carboxylic acids is 1. The van der Waals surface area contributed by atoms with Crippen molar-refractivity contribution in [1.29, 1.82) is 0 Å². The minimum atomic E-state index is -0.453. The second-order valence-electron chi connectivity index (χ2n) is 2.93. The summed E-state index contributed by atoms with van der Waals surface area (Å²) in [5.74, 6) is -0.107. The lowest BCUT2D eigenvalue weighted by Crippen LogP contribution is -2.18. The molecule has 2 N–H and O–H groups in total. The number of hydrogen-bond acceptors (Lipinski definition) is 5. The van der Waals surface area contributed by atoms with Crippen molar-refractivity contribution in [3.05, 3.63) is 10.7 Å². The predicted octanol–water partition coefficient (Wildman–Crippen LogP) is 1.51. The molecule has 5 heteroatoms. The molecule has 1 atom stereocenters. The van der Waals surface area contributed by atoms with Gasteiger partial charge in [0.15, 0.2) is 5.01 Å². The van der Waals surface area contributed by atoms with Crippen molar-refractivity contribution in [3.63, 3.8) is 0 Å². The number of Topliss-reactive ketones (excluding diaryl/α,β-unsaturated/α-hetero) is 1. The highest BCUT2D eigenvalue weighted by Gasteiger charge is 2.19. The fraction of sp³-hybridized carbons (Fsp3) is 0.556. The van der Waals surface area contributed by atoms with Crippen molar-refractivity contribution in [2.45, 2.75) is 26.4 Å². The van der Waals surface area contributed by atoms with E-state index in [1.54, 1.807) is 6.92 Å². The second kappa shape index (κ2) is 4.52. The largest absolute Gasteiger partial charge is 0.389 e. The molecule has 0 fully saturated rings. The summed E-state index contributed by atoms with van der Waals surface area (Å²) in [4.78, 5) is 15.8. The molecule has 1 rings (SSSR count). The Balaban J connectivity index is 2.91. The summed E-state index contributed by atoms with van der Waals surface area (Å²) in [5.41, 5.74) is 6.49. The van der Waals surface area contributed by atoms with Gasteiger partial charge in [0, 0.05) is 7.11 Å². The topological polar surface area (TPSA) is 65.2 Å². The maximum atomic E-state index is 11.6. The van der Waals surface area contributed by atoms with Gasteiger partial charge < -0.3 is 10.5 Å². The van der Waals surface area contributed by atoms with Gasteiger partial charge in [-0.25, -0.2) is 4.98 Å². The number of ketones is 1. The Morgan fingerprint density at radius 2 is 2.36 bits per heavy atom. The standard InChI is InChI=1S/C9H14N2O2S/c1-4-6-8(10)14-9(11-6)7(12)5(2)13-3/h5H,4,10H2,1-3H3. The highest BCUT2D eigenvalue weighted by atomic mass is 32.1. The number of nitrogens with zero attached hydrogens (tertiary/aromatic N) is 1. The van der Waals surface area contributed by atoms with Crippen LogP contribution in [0, 0.1) is 0 Å². The minimum Gasteiger partial charge on any atom is -0.389 e. The molecule has 0 spiro atoms. The third kappa shape index (κ3) is 2.10. The number of anilines is 1. The average Bonchev–Trinajstić information content (AvgIpc) is 2.57. The maximum absolute atomic E-state index is 11.6. The number of methoxy groups -OCH3 is 1. The van der Waals surface area contributed by atoms with Gasteiger partial charge in [0.2, 0.25) is 5.78 Å². The third-order valence-electron chi connectivity index (χ3n) is 2.00. The lowest BCUT2D eigenvalue weighted by molar-refractivity contribution is 0.0655. The molecule has 78 valence electrons. The summed E-state index contributed by atoms with van der Waals surface area (Å²) in [6.07, 6.45) is 0.294. The number of rotatable bonds is 4. The normalized spacial score (nSPS) is 12.8. The molecule has 1 aromatic heterocycles. The Kier molecular flexibility index (Phi) is 3.60. The molecule has 0 aliphatic heterocycles. The second-order valence-corrected chi connectivity index (χ2v) is 3.96. The van der Waals surface area contributed by atoms with Crippen LogP contribution >= 0.6 is 11.3 Å². The fourth-order valence-electron chi connectivity index (χ4n) is 1.00. The zero-order valence-electron chi connectivity index (χ0n) is 8.53. The maximum Gasteiger partial charge on any atom is 0.219 e. The van der Waals surface area contributed by atoms with Crippen LogP contribution in [0.3, 0.4) is 0 Å². The first-order valence-corrected chi connectivity index (χ1v) is 5.24. The van der Waals surface area contributed by atoms with Gasteiger partial charge in [-0.2, -0.15) is 0 Å². The molecule has 1 heterocycles. The molecule has 0 aromatic carbocycles. The smallest absolute Gasteiger partial charge is 0.219 e. The van der Waals surface area contributed by atoms with Gasteiger partial charge in [-0.15, -0.1) is 0 Å². The summed E-state index contributed by atoms with van der Waals surface area (Å²) in [7, 11) is 1.50. The van der Waals surface area contributed by atoms with E-state index in [0.29, 0.717) is 10.0 Å². The van der Waals surface area contributed by atoms with E-state index in [1.807, 2.05) is 6.92 Å². The van der Waals surface area contributed by atoms with Gasteiger partial charge in [-0.1, -0.05) is 18.3 Å². The number of nitrogen functional groups attached to an aromatic ring is 1. The number of nitrogens with two attached hydrogens (primary N) is 1. The van der Waals surface area contributed by atoms with Crippen molar-refractivity contribution in [3.8, 4) is 0 Å². The predicted molar refractivity (Wildman–Crippen MR) is 56.7 cm³/mol. The van der Waals surface area contributed by atoms with E-state index in [1.165, 1.54) is 18.4 Å². The molecule has 0 saturated carbocycles. The van der Waals surface area contributed by atoms with Gasteiger partial charge in [0.1, 0.15) is 11.1 Å². The van der Waals surface area contributed by atoms with E-state index in [0.717, 1.165) is 12.1 Å². The first kappa shape index (κ1) is 11.1. The molecule has 0 aliphatic rings. The van der Waals surface area contributed by atoms with Crippen LogP contribution in [0.2, 0.25) is 0 Å². The number of aromatic nitrogens is 1. The van der Waals surface area contributed by atoms with Gasteiger partial charge in [-0.3, -0.25) is 4.79 Å². The van der Waals surface area contributed by atoms with Crippen LogP contribution in [0.4, 0.5) is 5.00 Å². The van der Waals surface area contributed by atoms with Crippen LogP contribution < -0.4 is 5.73 Å². The zero-order chi connectivity index (χ0) is 10.7. The van der Waals surface area contributed by atoms with Gasteiger partial charge in [-0.05, 0) is 13.3 Å². The molecule has 0 radical (unpaired) electrons. The van der Waals surface area contributed by atoms with Crippen LogP contribution in [-0.4, -0.2) is 24.0 Å². The van der Waals surface area contributed by atoms with Gasteiger partial charge in [0.25, 0.3) is 0 Å². The van der Waals surface area contributed by atoms with Crippen LogP contribution in [0.1, 0.15) is 29.3 Å². The monoisotopic (exact) mass is 214 g/mol. The number of hydrogen-bond donors (Lipinski definition) is 1. The SMILES string of the molecule is CCc1nc(C(=O)C(C)OC)sc1N. The van der Waals surface area contributed by atoms with Crippen molar-refractivity contribution in [1.82, 2.24) is 4.98 Å². The molecule has 0 bridgehead atoms. The Bertz CT molecular complexity index is 336. The molecule has 1 unspecified atom stereocenters. The van der Waals surface area contributed by atoms with E-state index < -0.39 is 6.10 Å². The van der Waals surface area contributed by atoms with E-state index >= 15 is 0 Å². The van der Waals surface area contributed by atoms with Crippen molar-refractivity contribution >= 4 is 22.1 Å². The summed E-state index contributed by atoms with van der Waals surface area (Å²) in [6, 6.07) is 0. The number of carbonyl (C=O) groups is 1. The summed E-state index contributed by atoms with van der Waals surface area (Å²) in [5, 5.41) is 1.06.